The van der Waals surface area contributed by atoms with Crippen molar-refractivity contribution in [2.45, 2.75) is 63.0 Å². The van der Waals surface area contributed by atoms with Gasteiger partial charge in [0.25, 0.3) is 12.0 Å². The molecule has 3 atom stereocenters. The number of hydrogen-bond donors (Lipinski definition) is 3. The zero-order chi connectivity index (χ0) is 23.1. The van der Waals surface area contributed by atoms with Gasteiger partial charge in [0.2, 0.25) is 0 Å². The smallest absolute Gasteiger partial charge is 0.329 e. The molecule has 2 saturated carbocycles. The first-order valence-corrected chi connectivity index (χ1v) is 10.6. The van der Waals surface area contributed by atoms with Crippen molar-refractivity contribution in [2.24, 2.45) is 5.92 Å². The zero-order valence-electron chi connectivity index (χ0n) is 17.2. The number of nitrogens with one attached hydrogen (secondary N) is 1. The molecule has 1 aromatic carbocycles. The van der Waals surface area contributed by atoms with Crippen LogP contribution in [0, 0.1) is 18.7 Å². The number of fused-ring (bicyclic) bond motifs is 1. The van der Waals surface area contributed by atoms with E-state index in [0.717, 1.165) is 0 Å². The van der Waals surface area contributed by atoms with E-state index in [-0.39, 0.29) is 35.9 Å². The van der Waals surface area contributed by atoms with Crippen molar-refractivity contribution < 1.29 is 27.8 Å². The van der Waals surface area contributed by atoms with Crippen molar-refractivity contribution in [3.05, 3.63) is 37.8 Å². The Morgan fingerprint density at radius 2 is 1.84 bits per heavy atom. The van der Waals surface area contributed by atoms with Crippen molar-refractivity contribution in [3.63, 3.8) is 0 Å². The molecule has 1 aliphatic heterocycles. The largest absolute Gasteiger partial charge is 0.390 e. The van der Waals surface area contributed by atoms with Crippen LogP contribution >= 0.6 is 0 Å². The number of nitrogens with zero attached hydrogens (tertiary/aromatic N) is 2. The van der Waals surface area contributed by atoms with Gasteiger partial charge in [0.15, 0.2) is 5.82 Å². The maximum Gasteiger partial charge on any atom is 0.329 e. The van der Waals surface area contributed by atoms with Crippen molar-refractivity contribution in [2.75, 3.05) is 18.0 Å². The number of aromatic amines is 1. The number of anilines is 1. The molecule has 2 heterocycles. The third-order valence-electron chi connectivity index (χ3n) is 7.02. The molecule has 174 valence electrons. The average Bonchev–Trinajstić information content (AvgIpc) is 3.63. The Hall–Kier alpha value is -2.40. The number of aromatic nitrogens is 2. The monoisotopic (exact) mass is 457 g/mol. The Morgan fingerprint density at radius 3 is 2.41 bits per heavy atom. The number of aryl methyl sites for hydroxylation is 1. The molecule has 0 radical (unpaired) electrons. The number of rotatable bonds is 5. The highest BCUT2D eigenvalue weighted by Crippen LogP contribution is 2.46. The fourth-order valence-corrected chi connectivity index (χ4v) is 5.04. The summed E-state index contributed by atoms with van der Waals surface area (Å²) in [7, 11) is 0. The van der Waals surface area contributed by atoms with Crippen LogP contribution in [0.25, 0.3) is 10.9 Å². The van der Waals surface area contributed by atoms with E-state index in [2.05, 4.69) is 0 Å². The van der Waals surface area contributed by atoms with E-state index in [1.54, 1.807) is 0 Å². The molecule has 3 N–H and O–H groups in total. The lowest BCUT2D eigenvalue weighted by molar-refractivity contribution is -0.0440. The van der Waals surface area contributed by atoms with E-state index < -0.39 is 58.2 Å². The Morgan fingerprint density at radius 1 is 1.19 bits per heavy atom. The normalized spacial score (nSPS) is 25.7. The average molecular weight is 457 g/mol. The summed E-state index contributed by atoms with van der Waals surface area (Å²) >= 11 is 0. The van der Waals surface area contributed by atoms with Crippen molar-refractivity contribution >= 4 is 16.6 Å². The predicted octanol–water partition coefficient (Wildman–Crippen LogP) is 2.07. The van der Waals surface area contributed by atoms with Gasteiger partial charge in [-0.15, -0.1) is 0 Å². The highest BCUT2D eigenvalue weighted by atomic mass is 19.3. The van der Waals surface area contributed by atoms with E-state index in [9.17, 15) is 33.0 Å². The SMILES string of the molecule is Cc1c(N2CC(F)C(C(O)C3(O)CC3)C2)c(F)c(C(F)F)c2c(=O)[nH]c(=O)n(C3CC3)c12. The summed E-state index contributed by atoms with van der Waals surface area (Å²) in [6, 6.07) is -0.296. The number of aliphatic hydroxyl groups is 2. The number of H-pyrrole nitrogens is 1. The topological polar surface area (TPSA) is 98.6 Å². The van der Waals surface area contributed by atoms with Gasteiger partial charge in [-0.1, -0.05) is 0 Å². The van der Waals surface area contributed by atoms with E-state index >= 15 is 4.39 Å². The molecule has 7 nitrogen and oxygen atoms in total. The van der Waals surface area contributed by atoms with Crippen LogP contribution in [-0.2, 0) is 0 Å². The summed E-state index contributed by atoms with van der Waals surface area (Å²) in [5, 5.41) is 20.0. The molecule has 2 aliphatic carbocycles. The maximum absolute atomic E-state index is 15.5. The van der Waals surface area contributed by atoms with Crippen LogP contribution in [0.4, 0.5) is 23.2 Å². The van der Waals surface area contributed by atoms with E-state index in [4.69, 9.17) is 0 Å². The van der Waals surface area contributed by atoms with Gasteiger partial charge in [0, 0.05) is 30.6 Å². The van der Waals surface area contributed by atoms with Crippen LogP contribution in [0.2, 0.25) is 0 Å². The van der Waals surface area contributed by atoms with Gasteiger partial charge in [-0.25, -0.2) is 22.4 Å². The lowest BCUT2D eigenvalue weighted by atomic mass is 9.94. The predicted molar refractivity (Wildman–Crippen MR) is 108 cm³/mol. The summed E-state index contributed by atoms with van der Waals surface area (Å²) in [4.78, 5) is 28.2. The van der Waals surface area contributed by atoms with Crippen molar-refractivity contribution in [1.82, 2.24) is 9.55 Å². The van der Waals surface area contributed by atoms with Gasteiger partial charge in [0.05, 0.1) is 33.9 Å². The molecule has 0 amide bonds. The first-order chi connectivity index (χ1) is 15.0. The van der Waals surface area contributed by atoms with Crippen LogP contribution in [0.5, 0.6) is 0 Å². The summed E-state index contributed by atoms with van der Waals surface area (Å²) in [5.74, 6) is -2.37. The number of hydrogen-bond acceptors (Lipinski definition) is 5. The highest BCUT2D eigenvalue weighted by molar-refractivity contribution is 5.90. The van der Waals surface area contributed by atoms with Gasteiger partial charge >= 0.3 is 5.69 Å². The van der Waals surface area contributed by atoms with E-state index in [1.807, 2.05) is 4.98 Å². The second-order valence-electron chi connectivity index (χ2n) is 9.22. The van der Waals surface area contributed by atoms with E-state index in [1.165, 1.54) is 16.4 Å². The molecule has 3 aliphatic rings. The quantitative estimate of drug-likeness (QED) is 0.598. The molecule has 3 unspecified atom stereocenters. The molecule has 0 spiro atoms. The molecular weight excluding hydrogens is 434 g/mol. The van der Waals surface area contributed by atoms with Gasteiger partial charge in [-0.05, 0) is 32.6 Å². The van der Waals surface area contributed by atoms with Gasteiger partial charge in [0.1, 0.15) is 6.17 Å². The first-order valence-electron chi connectivity index (χ1n) is 10.6. The van der Waals surface area contributed by atoms with Gasteiger partial charge < -0.3 is 15.1 Å². The lowest BCUT2D eigenvalue weighted by Crippen LogP contribution is -2.40. The number of alkyl halides is 3. The summed E-state index contributed by atoms with van der Waals surface area (Å²) < 4.78 is 59.5. The third-order valence-corrected chi connectivity index (χ3v) is 7.02. The Bertz CT molecular complexity index is 1220. The molecule has 2 aromatic rings. The van der Waals surface area contributed by atoms with Crippen LogP contribution in [0.1, 0.15) is 49.3 Å². The summed E-state index contributed by atoms with van der Waals surface area (Å²) in [5.41, 5.74) is -4.67. The summed E-state index contributed by atoms with van der Waals surface area (Å²) in [6.07, 6.45) is -4.46. The van der Waals surface area contributed by atoms with Crippen LogP contribution in [-0.4, -0.2) is 50.7 Å². The molecular formula is C21H23F4N3O4. The molecule has 3 fully saturated rings. The minimum Gasteiger partial charge on any atom is -0.390 e. The number of halogens is 4. The van der Waals surface area contributed by atoms with Gasteiger partial charge in [-0.3, -0.25) is 14.3 Å². The Labute approximate surface area is 179 Å². The molecule has 1 aromatic heterocycles. The minimum atomic E-state index is -3.35. The lowest BCUT2D eigenvalue weighted by Gasteiger charge is -2.27. The zero-order valence-corrected chi connectivity index (χ0v) is 17.2. The van der Waals surface area contributed by atoms with E-state index in [0.29, 0.717) is 25.7 Å². The molecule has 0 bridgehead atoms. The minimum absolute atomic E-state index is 0.0758. The van der Waals surface area contributed by atoms with Crippen molar-refractivity contribution in [3.8, 4) is 0 Å². The van der Waals surface area contributed by atoms with Gasteiger partial charge in [-0.2, -0.15) is 0 Å². The second-order valence-corrected chi connectivity index (χ2v) is 9.22. The highest BCUT2D eigenvalue weighted by Gasteiger charge is 2.54. The van der Waals surface area contributed by atoms with Crippen LogP contribution < -0.4 is 16.1 Å². The fourth-order valence-electron chi connectivity index (χ4n) is 5.04. The Balaban J connectivity index is 1.71. The maximum atomic E-state index is 15.5. The summed E-state index contributed by atoms with van der Waals surface area (Å²) in [6.45, 7) is 0.840. The standard InChI is InChI=1S/C21H23F4N3O4/c1-8-15-13(19(30)26-20(31)28(15)9-2-3-9)12(18(24)25)14(23)16(8)27-6-10(11(22)7-27)17(29)21(32)4-5-21/h9-11,17-18,29,32H,2-7H2,1H3,(H,26,30,31). The second kappa shape index (κ2) is 7.05. The number of aliphatic hydroxyl groups excluding tert-OH is 1. The first kappa shape index (κ1) is 21.4. The third kappa shape index (κ3) is 3.08. The fraction of sp³-hybridized carbons (Fsp3) is 0.619. The van der Waals surface area contributed by atoms with Crippen LogP contribution in [0.15, 0.2) is 9.59 Å². The molecule has 5 rings (SSSR count). The van der Waals surface area contributed by atoms with Crippen molar-refractivity contribution in [1.29, 1.82) is 0 Å². The molecule has 32 heavy (non-hydrogen) atoms. The number of benzene rings is 1. The Kier molecular flexibility index (Phi) is 4.72. The molecule has 1 saturated heterocycles. The molecule has 11 heteroatoms. The van der Waals surface area contributed by atoms with Crippen LogP contribution in [0.3, 0.4) is 0 Å².